The van der Waals surface area contributed by atoms with Crippen molar-refractivity contribution < 1.29 is 19.2 Å². The molecule has 7 nitrogen and oxygen atoms in total. The SMILES string of the molecule is O=C(O)CN1CCN(Cc2ccc([N+](=O)[O-])c(F)c2)CC1. The van der Waals surface area contributed by atoms with Gasteiger partial charge in [0.15, 0.2) is 0 Å². The number of aliphatic carboxylic acids is 1. The second-order valence-electron chi connectivity index (χ2n) is 4.99. The van der Waals surface area contributed by atoms with Gasteiger partial charge in [-0.15, -0.1) is 0 Å². The first-order chi connectivity index (χ1) is 9.95. The molecule has 0 radical (unpaired) electrons. The number of carboxylic acids is 1. The zero-order chi connectivity index (χ0) is 15.4. The van der Waals surface area contributed by atoms with Crippen LogP contribution >= 0.6 is 0 Å². The first-order valence-electron chi connectivity index (χ1n) is 6.55. The zero-order valence-corrected chi connectivity index (χ0v) is 11.4. The average Bonchev–Trinajstić information content (AvgIpc) is 2.40. The molecule has 0 spiro atoms. The second kappa shape index (κ2) is 6.59. The summed E-state index contributed by atoms with van der Waals surface area (Å²) in [6.07, 6.45) is 0. The molecule has 1 aromatic rings. The van der Waals surface area contributed by atoms with Gasteiger partial charge in [-0.2, -0.15) is 4.39 Å². The molecule has 0 aromatic heterocycles. The Kier molecular flexibility index (Phi) is 4.81. The minimum Gasteiger partial charge on any atom is -0.480 e. The standard InChI is InChI=1S/C13H16FN3O4/c14-11-7-10(1-2-12(11)17(20)21)8-15-3-5-16(6-4-15)9-13(18)19/h1-2,7H,3-6,8-9H2,(H,18,19). The van der Waals surface area contributed by atoms with Crippen LogP contribution in [0, 0.1) is 15.9 Å². The van der Waals surface area contributed by atoms with Crippen LogP contribution in [0.5, 0.6) is 0 Å². The number of hydrogen-bond donors (Lipinski definition) is 1. The van der Waals surface area contributed by atoms with Gasteiger partial charge in [-0.3, -0.25) is 24.7 Å². The fourth-order valence-electron chi connectivity index (χ4n) is 2.35. The van der Waals surface area contributed by atoms with Gasteiger partial charge in [0, 0.05) is 38.8 Å². The van der Waals surface area contributed by atoms with Crippen LogP contribution in [-0.4, -0.2) is 58.5 Å². The molecule has 1 heterocycles. The monoisotopic (exact) mass is 297 g/mol. The van der Waals surface area contributed by atoms with E-state index in [1.54, 1.807) is 6.07 Å². The molecule has 114 valence electrons. The van der Waals surface area contributed by atoms with Crippen molar-refractivity contribution in [2.75, 3.05) is 32.7 Å². The van der Waals surface area contributed by atoms with Gasteiger partial charge < -0.3 is 5.11 Å². The normalized spacial score (nSPS) is 16.8. The largest absolute Gasteiger partial charge is 0.480 e. The Balaban J connectivity index is 1.90. The van der Waals surface area contributed by atoms with Crippen molar-refractivity contribution in [2.24, 2.45) is 0 Å². The molecule has 0 saturated carbocycles. The number of carboxylic acid groups (broad SMARTS) is 1. The Morgan fingerprint density at radius 1 is 1.29 bits per heavy atom. The summed E-state index contributed by atoms with van der Waals surface area (Å²) in [7, 11) is 0. The van der Waals surface area contributed by atoms with Crippen LogP contribution in [0.25, 0.3) is 0 Å². The Morgan fingerprint density at radius 2 is 1.90 bits per heavy atom. The summed E-state index contributed by atoms with van der Waals surface area (Å²) in [6.45, 7) is 3.18. The van der Waals surface area contributed by atoms with Crippen LogP contribution in [0.1, 0.15) is 5.56 Å². The lowest BCUT2D eigenvalue weighted by Crippen LogP contribution is -2.47. The lowest BCUT2D eigenvalue weighted by atomic mass is 10.1. The molecule has 0 unspecified atom stereocenters. The molecule has 1 fully saturated rings. The third-order valence-electron chi connectivity index (χ3n) is 3.44. The maximum absolute atomic E-state index is 13.5. The van der Waals surface area contributed by atoms with E-state index < -0.39 is 22.4 Å². The number of carbonyl (C=O) groups is 1. The first kappa shape index (κ1) is 15.3. The number of nitrogens with zero attached hydrogens (tertiary/aromatic N) is 3. The number of nitro benzene ring substituents is 1. The van der Waals surface area contributed by atoms with E-state index in [1.165, 1.54) is 12.1 Å². The van der Waals surface area contributed by atoms with Crippen LogP contribution in [0.2, 0.25) is 0 Å². The lowest BCUT2D eigenvalue weighted by Gasteiger charge is -2.33. The maximum Gasteiger partial charge on any atom is 0.317 e. The molecule has 0 amide bonds. The van der Waals surface area contributed by atoms with Crippen molar-refractivity contribution in [2.45, 2.75) is 6.54 Å². The molecule has 1 aliphatic rings. The van der Waals surface area contributed by atoms with Crippen molar-refractivity contribution in [1.29, 1.82) is 0 Å². The van der Waals surface area contributed by atoms with E-state index in [0.29, 0.717) is 38.3 Å². The summed E-state index contributed by atoms with van der Waals surface area (Å²) >= 11 is 0. The Bertz CT molecular complexity index is 544. The maximum atomic E-state index is 13.5. The first-order valence-corrected chi connectivity index (χ1v) is 6.55. The molecule has 1 saturated heterocycles. The molecule has 2 rings (SSSR count). The third kappa shape index (κ3) is 4.20. The third-order valence-corrected chi connectivity index (χ3v) is 3.44. The molecule has 1 N–H and O–H groups in total. The van der Waals surface area contributed by atoms with Gasteiger partial charge in [-0.1, -0.05) is 6.07 Å². The molecule has 0 atom stereocenters. The lowest BCUT2D eigenvalue weighted by molar-refractivity contribution is -0.387. The van der Waals surface area contributed by atoms with E-state index in [2.05, 4.69) is 4.90 Å². The predicted molar refractivity (Wildman–Crippen MR) is 72.4 cm³/mol. The number of piperazine rings is 1. The Hall–Kier alpha value is -2.06. The van der Waals surface area contributed by atoms with E-state index in [4.69, 9.17) is 5.11 Å². The fourth-order valence-corrected chi connectivity index (χ4v) is 2.35. The highest BCUT2D eigenvalue weighted by atomic mass is 19.1. The van der Waals surface area contributed by atoms with Gasteiger partial charge in [0.1, 0.15) is 0 Å². The van der Waals surface area contributed by atoms with E-state index in [0.717, 1.165) is 0 Å². The highest BCUT2D eigenvalue weighted by Crippen LogP contribution is 2.19. The number of benzene rings is 1. The topological polar surface area (TPSA) is 86.9 Å². The number of hydrogen-bond acceptors (Lipinski definition) is 5. The van der Waals surface area contributed by atoms with E-state index in [1.807, 2.05) is 4.90 Å². The van der Waals surface area contributed by atoms with Gasteiger partial charge in [0.2, 0.25) is 5.82 Å². The number of nitro groups is 1. The zero-order valence-electron chi connectivity index (χ0n) is 11.4. The number of halogens is 1. The Morgan fingerprint density at radius 3 is 2.43 bits per heavy atom. The van der Waals surface area contributed by atoms with Crippen LogP contribution in [0.4, 0.5) is 10.1 Å². The molecule has 8 heteroatoms. The van der Waals surface area contributed by atoms with Crippen molar-refractivity contribution in [3.63, 3.8) is 0 Å². The summed E-state index contributed by atoms with van der Waals surface area (Å²) in [5, 5.41) is 19.3. The number of rotatable bonds is 5. The van der Waals surface area contributed by atoms with Gasteiger partial charge in [-0.05, 0) is 11.6 Å². The van der Waals surface area contributed by atoms with Gasteiger partial charge >= 0.3 is 11.7 Å². The van der Waals surface area contributed by atoms with Crippen LogP contribution in [0.3, 0.4) is 0 Å². The molecule has 1 aromatic carbocycles. The van der Waals surface area contributed by atoms with Gasteiger partial charge in [0.25, 0.3) is 0 Å². The summed E-state index contributed by atoms with van der Waals surface area (Å²) in [5.74, 6) is -1.68. The smallest absolute Gasteiger partial charge is 0.317 e. The van der Waals surface area contributed by atoms with Crippen molar-refractivity contribution in [3.05, 3.63) is 39.7 Å². The van der Waals surface area contributed by atoms with Crippen molar-refractivity contribution in [3.8, 4) is 0 Å². The van der Waals surface area contributed by atoms with Crippen LogP contribution in [0.15, 0.2) is 18.2 Å². The highest BCUT2D eigenvalue weighted by molar-refractivity contribution is 5.69. The molecule has 21 heavy (non-hydrogen) atoms. The highest BCUT2D eigenvalue weighted by Gasteiger charge is 2.20. The minimum absolute atomic E-state index is 0.0278. The summed E-state index contributed by atoms with van der Waals surface area (Å²) in [6, 6.07) is 3.90. The van der Waals surface area contributed by atoms with Gasteiger partial charge in [-0.25, -0.2) is 0 Å². The van der Waals surface area contributed by atoms with E-state index >= 15 is 0 Å². The van der Waals surface area contributed by atoms with Crippen LogP contribution < -0.4 is 0 Å². The minimum atomic E-state index is -0.846. The molecule has 1 aliphatic heterocycles. The van der Waals surface area contributed by atoms with Gasteiger partial charge in [0.05, 0.1) is 11.5 Å². The molecular formula is C13H16FN3O4. The Labute approximate surface area is 120 Å². The predicted octanol–water partition coefficient (Wildman–Crippen LogP) is 0.936. The van der Waals surface area contributed by atoms with E-state index in [9.17, 15) is 19.3 Å². The average molecular weight is 297 g/mol. The summed E-state index contributed by atoms with van der Waals surface area (Å²) < 4.78 is 13.5. The summed E-state index contributed by atoms with van der Waals surface area (Å²) in [4.78, 5) is 24.3. The van der Waals surface area contributed by atoms with E-state index in [-0.39, 0.29) is 6.54 Å². The van der Waals surface area contributed by atoms with Crippen molar-refractivity contribution >= 4 is 11.7 Å². The molecular weight excluding hydrogens is 281 g/mol. The van der Waals surface area contributed by atoms with Crippen molar-refractivity contribution in [1.82, 2.24) is 9.80 Å². The summed E-state index contributed by atoms with van der Waals surface area (Å²) in [5.41, 5.74) is 0.148. The molecule has 0 bridgehead atoms. The second-order valence-corrected chi connectivity index (χ2v) is 4.99. The van der Waals surface area contributed by atoms with Crippen LogP contribution in [-0.2, 0) is 11.3 Å². The fraction of sp³-hybridized carbons (Fsp3) is 0.462. The molecule has 0 aliphatic carbocycles. The quantitative estimate of drug-likeness (QED) is 0.643.